The number of anilines is 1. The second kappa shape index (κ2) is 17.4. The highest BCUT2D eigenvalue weighted by molar-refractivity contribution is 6.74. The largest absolute Gasteiger partial charge is 0.497 e. The third-order valence-electron chi connectivity index (χ3n) is 10.1. The number of aromatic nitrogens is 4. The van der Waals surface area contributed by atoms with Crippen LogP contribution in [-0.4, -0.2) is 64.5 Å². The Morgan fingerprint density at radius 3 is 1.55 bits per heavy atom. The summed E-state index contributed by atoms with van der Waals surface area (Å²) in [6, 6.07) is 9.45. The molecular weight excluding hydrogens is 741 g/mol. The van der Waals surface area contributed by atoms with Gasteiger partial charge in [0.25, 0.3) is 0 Å². The molecule has 3 rings (SSSR count). The molecule has 0 aliphatic rings. The van der Waals surface area contributed by atoms with E-state index in [1.807, 2.05) is 24.3 Å². The lowest BCUT2D eigenvalue weighted by Gasteiger charge is -2.39. The molecule has 0 amide bonds. The minimum Gasteiger partial charge on any atom is -0.497 e. The van der Waals surface area contributed by atoms with Crippen LogP contribution in [0.2, 0.25) is 51.7 Å². The molecule has 286 valence electrons. The van der Waals surface area contributed by atoms with E-state index in [1.165, 1.54) is 0 Å². The van der Waals surface area contributed by atoms with Gasteiger partial charge in [0.15, 0.2) is 32.1 Å². The van der Waals surface area contributed by atoms with Gasteiger partial charge in [0.2, 0.25) is 0 Å². The Morgan fingerprint density at radius 2 is 1.10 bits per heavy atom. The van der Waals surface area contributed by atoms with Gasteiger partial charge in [-0.25, -0.2) is 0 Å². The van der Waals surface area contributed by atoms with Crippen LogP contribution in [0.4, 0.5) is 5.82 Å². The summed E-state index contributed by atoms with van der Waals surface area (Å²) in [6.07, 6.45) is 0. The van der Waals surface area contributed by atoms with E-state index in [0.717, 1.165) is 28.2 Å². The zero-order valence-electron chi connectivity index (χ0n) is 33.6. The summed E-state index contributed by atoms with van der Waals surface area (Å²) in [5, 5.41) is 20.8. The fraction of sp³-hybridized carbons (Fsp3) is 0.622. The average Bonchev–Trinajstić information content (AvgIpc) is 3.02. The van der Waals surface area contributed by atoms with Crippen LogP contribution in [0, 0.1) is 0 Å². The Labute approximate surface area is 324 Å². The second-order valence-corrected chi connectivity index (χ2v) is 27.9. The van der Waals surface area contributed by atoms with Crippen molar-refractivity contribution >= 4 is 57.3 Å². The number of benzene rings is 1. The molecule has 0 aliphatic carbocycles. The molecule has 2 aromatic heterocycles. The van der Waals surface area contributed by atoms with E-state index in [0.29, 0.717) is 41.0 Å². The molecule has 0 aliphatic heterocycles. The molecule has 0 fully saturated rings. The van der Waals surface area contributed by atoms with Gasteiger partial charge in [0.05, 0.1) is 14.2 Å². The maximum atomic E-state index is 6.47. The first-order valence-corrected chi connectivity index (χ1v) is 24.1. The van der Waals surface area contributed by atoms with Crippen molar-refractivity contribution in [2.75, 3.05) is 32.8 Å². The summed E-state index contributed by atoms with van der Waals surface area (Å²) in [7, 11) is -0.391. The Hall–Kier alpha value is -2.00. The number of halogens is 3. The quantitative estimate of drug-likeness (QED) is 0.169. The van der Waals surface area contributed by atoms with Gasteiger partial charge in [-0.2, -0.15) is 0 Å². The maximum Gasteiger partial charge on any atom is 0.192 e. The number of rotatable bonds is 13. The van der Waals surface area contributed by atoms with Crippen molar-refractivity contribution in [1.82, 2.24) is 20.4 Å². The molecule has 0 radical (unpaired) electrons. The van der Waals surface area contributed by atoms with Crippen molar-refractivity contribution in [3.05, 3.63) is 62.5 Å². The number of methoxy groups -OCH3 is 2. The van der Waals surface area contributed by atoms with Gasteiger partial charge in [-0.1, -0.05) is 104 Å². The average molecular weight is 801 g/mol. The summed E-state index contributed by atoms with van der Waals surface area (Å²) in [4.78, 5) is 0. The van der Waals surface area contributed by atoms with Crippen LogP contribution in [0.1, 0.15) is 85.9 Å². The first-order chi connectivity index (χ1) is 23.2. The van der Waals surface area contributed by atoms with E-state index in [2.05, 4.69) is 121 Å². The normalized spacial score (nSPS) is 13.0. The van der Waals surface area contributed by atoms with E-state index in [1.54, 1.807) is 20.3 Å². The third kappa shape index (κ3) is 12.5. The molecule has 2 heterocycles. The number of hydrogen-bond acceptors (Lipinski definition) is 9. The lowest BCUT2D eigenvalue weighted by molar-refractivity contribution is 0.220. The fourth-order valence-corrected chi connectivity index (χ4v) is 7.41. The molecule has 14 heteroatoms. The van der Waals surface area contributed by atoms with Crippen LogP contribution in [0.3, 0.4) is 0 Å². The molecule has 0 saturated carbocycles. The molecule has 0 saturated heterocycles. The summed E-state index contributed by atoms with van der Waals surface area (Å²) in [6.45, 7) is 32.5. The number of hydrogen-bond donors (Lipinski definition) is 1. The van der Waals surface area contributed by atoms with Crippen LogP contribution in [0.25, 0.3) is 0 Å². The fourth-order valence-electron chi connectivity index (χ4n) is 4.26. The zero-order chi connectivity index (χ0) is 39.2. The molecule has 1 aromatic carbocycles. The number of ether oxygens (including phenoxy) is 2. The standard InChI is InChI=1S/C23H36ClN3O3Si.C14H24Cl2N2OSi/c1-22(2,3)31(8,9)30-15-23(4,5)18-13-20(26-27-21(18)24)25-14-16-10-11-17(28-6)12-19(16)29-7;1-13(2,3)20(6,7)19-9-14(4,5)10-8-11(15)17-18-12(10)16/h10-13H,14-15H2,1-9H3,(H,25,26);8H,9H2,1-7H3. The Balaban J connectivity index is 0.000000389. The molecule has 0 bridgehead atoms. The topological polar surface area (TPSA) is 101 Å². The van der Waals surface area contributed by atoms with Crippen molar-refractivity contribution in [3.63, 3.8) is 0 Å². The molecule has 3 aromatic rings. The van der Waals surface area contributed by atoms with E-state index < -0.39 is 16.6 Å². The van der Waals surface area contributed by atoms with E-state index in [9.17, 15) is 0 Å². The Kier molecular flexibility index (Phi) is 15.4. The zero-order valence-corrected chi connectivity index (χ0v) is 37.8. The first kappa shape index (κ1) is 45.2. The van der Waals surface area contributed by atoms with Gasteiger partial charge in [-0.3, -0.25) is 0 Å². The summed E-state index contributed by atoms with van der Waals surface area (Å²) in [5.41, 5.74) is 2.20. The predicted octanol–water partition coefficient (Wildman–Crippen LogP) is 11.1. The van der Waals surface area contributed by atoms with Gasteiger partial charge in [-0.15, -0.1) is 20.4 Å². The van der Waals surface area contributed by atoms with Gasteiger partial charge < -0.3 is 23.6 Å². The van der Waals surface area contributed by atoms with E-state index in [-0.39, 0.29) is 20.9 Å². The Bertz CT molecular complexity index is 1610. The van der Waals surface area contributed by atoms with Crippen molar-refractivity contribution in [2.24, 2.45) is 0 Å². The summed E-state index contributed by atoms with van der Waals surface area (Å²) < 4.78 is 23.5. The predicted molar refractivity (Wildman–Crippen MR) is 218 cm³/mol. The van der Waals surface area contributed by atoms with Crippen molar-refractivity contribution in [3.8, 4) is 11.5 Å². The molecular formula is C37H60Cl3N5O4Si2. The highest BCUT2D eigenvalue weighted by atomic mass is 35.5. The Morgan fingerprint density at radius 1 is 0.627 bits per heavy atom. The lowest BCUT2D eigenvalue weighted by atomic mass is 9.87. The minimum absolute atomic E-state index is 0.146. The SMILES string of the molecule is CC(C)(CO[Si](C)(C)C(C)(C)C)c1cc(Cl)nnc1Cl.COc1ccc(CNc2cc(C(C)(C)CO[Si](C)(C)C(C)(C)C)c(Cl)nn2)c(OC)c1. The van der Waals surface area contributed by atoms with Gasteiger partial charge in [0.1, 0.15) is 17.3 Å². The maximum absolute atomic E-state index is 6.47. The van der Waals surface area contributed by atoms with E-state index in [4.69, 9.17) is 53.1 Å². The molecule has 1 N–H and O–H groups in total. The smallest absolute Gasteiger partial charge is 0.192 e. The summed E-state index contributed by atoms with van der Waals surface area (Å²) >= 11 is 18.5. The van der Waals surface area contributed by atoms with Gasteiger partial charge in [-0.05, 0) is 60.5 Å². The lowest BCUT2D eigenvalue weighted by Crippen LogP contribution is -2.44. The molecule has 0 atom stereocenters. The molecule has 0 unspecified atom stereocenters. The number of nitrogens with zero attached hydrogens (tertiary/aromatic N) is 4. The van der Waals surface area contributed by atoms with Crippen molar-refractivity contribution in [2.45, 2.75) is 123 Å². The van der Waals surface area contributed by atoms with Crippen molar-refractivity contribution < 1.29 is 18.3 Å². The van der Waals surface area contributed by atoms with Crippen LogP contribution in [-0.2, 0) is 26.2 Å². The summed E-state index contributed by atoms with van der Waals surface area (Å²) in [5.74, 6) is 2.15. The molecule has 51 heavy (non-hydrogen) atoms. The first-order valence-electron chi connectivity index (χ1n) is 17.1. The highest BCUT2D eigenvalue weighted by Gasteiger charge is 2.40. The monoisotopic (exact) mass is 799 g/mol. The van der Waals surface area contributed by atoms with Crippen LogP contribution >= 0.6 is 34.8 Å². The number of nitrogens with one attached hydrogen (secondary N) is 1. The van der Waals surface area contributed by atoms with Crippen LogP contribution in [0.15, 0.2) is 30.3 Å². The highest BCUT2D eigenvalue weighted by Crippen LogP contribution is 2.40. The molecule has 9 nitrogen and oxygen atoms in total. The minimum atomic E-state index is -1.88. The van der Waals surface area contributed by atoms with Crippen LogP contribution in [0.5, 0.6) is 11.5 Å². The van der Waals surface area contributed by atoms with Crippen LogP contribution < -0.4 is 14.8 Å². The third-order valence-corrected chi connectivity index (χ3v) is 19.8. The second-order valence-electron chi connectivity index (χ2n) is 17.2. The van der Waals surface area contributed by atoms with Gasteiger partial charge in [0, 0.05) is 53.3 Å². The van der Waals surface area contributed by atoms with E-state index >= 15 is 0 Å². The van der Waals surface area contributed by atoms with Crippen molar-refractivity contribution in [1.29, 1.82) is 0 Å². The van der Waals surface area contributed by atoms with Gasteiger partial charge >= 0.3 is 0 Å². The molecule has 0 spiro atoms.